The van der Waals surface area contributed by atoms with E-state index in [9.17, 15) is 4.79 Å². The van der Waals surface area contributed by atoms with Crippen molar-refractivity contribution in [2.24, 2.45) is 5.92 Å². The molecule has 1 aliphatic heterocycles. The first-order chi connectivity index (χ1) is 10.2. The van der Waals surface area contributed by atoms with Crippen molar-refractivity contribution in [1.29, 1.82) is 0 Å². The maximum Gasteiger partial charge on any atom is 0.223 e. The van der Waals surface area contributed by atoms with Gasteiger partial charge >= 0.3 is 0 Å². The predicted octanol–water partition coefficient (Wildman–Crippen LogP) is 2.36. The Morgan fingerprint density at radius 2 is 2.24 bits per heavy atom. The molecule has 0 aromatic heterocycles. The number of anilines is 1. The van der Waals surface area contributed by atoms with Crippen LogP contribution in [0.25, 0.3) is 0 Å². The van der Waals surface area contributed by atoms with Crippen LogP contribution in [0, 0.1) is 5.92 Å². The van der Waals surface area contributed by atoms with Crippen LogP contribution in [0.3, 0.4) is 0 Å². The Kier molecular flexibility index (Phi) is 4.15. The summed E-state index contributed by atoms with van der Waals surface area (Å²) in [5, 5.41) is 0. The van der Waals surface area contributed by atoms with E-state index in [1.807, 2.05) is 24.0 Å². The molecular weight excluding hydrogens is 264 g/mol. The summed E-state index contributed by atoms with van der Waals surface area (Å²) in [6.07, 6.45) is 4.00. The molecule has 1 saturated carbocycles. The molecule has 0 unspecified atom stereocenters. The van der Waals surface area contributed by atoms with E-state index in [2.05, 4.69) is 6.07 Å². The molecular formula is C17H24N2O2. The van der Waals surface area contributed by atoms with E-state index in [1.54, 1.807) is 0 Å². The first kappa shape index (κ1) is 14.4. The van der Waals surface area contributed by atoms with Crippen LogP contribution in [0.1, 0.15) is 37.3 Å². The second kappa shape index (κ2) is 6.06. The van der Waals surface area contributed by atoms with Crippen molar-refractivity contribution >= 4 is 11.6 Å². The molecule has 0 spiro atoms. The average Bonchev–Trinajstić information content (AvgIpc) is 2.45. The molecule has 3 rings (SSSR count). The molecule has 2 N–H and O–H groups in total. The molecule has 1 aliphatic carbocycles. The lowest BCUT2D eigenvalue weighted by atomic mass is 9.79. The van der Waals surface area contributed by atoms with Crippen molar-refractivity contribution < 1.29 is 9.53 Å². The standard InChI is InChI=1S/C17H24N2O2/c1-2-21-14-8-12(9-14)10-17(20)19-7-6-15-13(11-19)4-3-5-16(15)18/h3-5,12,14H,2,6-11,18H2,1H3. The van der Waals surface area contributed by atoms with E-state index in [1.165, 1.54) is 11.1 Å². The zero-order valence-corrected chi connectivity index (χ0v) is 12.7. The van der Waals surface area contributed by atoms with Crippen molar-refractivity contribution in [2.75, 3.05) is 18.9 Å². The highest BCUT2D eigenvalue weighted by Gasteiger charge is 2.33. The summed E-state index contributed by atoms with van der Waals surface area (Å²) in [5.41, 5.74) is 9.29. The van der Waals surface area contributed by atoms with Crippen LogP contribution in [0.2, 0.25) is 0 Å². The van der Waals surface area contributed by atoms with Crippen LogP contribution in [0.15, 0.2) is 18.2 Å². The lowest BCUT2D eigenvalue weighted by molar-refractivity contribution is -0.135. The van der Waals surface area contributed by atoms with Gasteiger partial charge in [-0.25, -0.2) is 0 Å². The SMILES string of the molecule is CCOC1CC(CC(=O)N2CCc3c(N)cccc3C2)C1. The molecule has 4 heteroatoms. The van der Waals surface area contributed by atoms with Crippen LogP contribution >= 0.6 is 0 Å². The molecule has 4 nitrogen and oxygen atoms in total. The average molecular weight is 288 g/mol. The lowest BCUT2D eigenvalue weighted by Crippen LogP contribution is -2.40. The Morgan fingerprint density at radius 3 is 3.00 bits per heavy atom. The molecule has 0 saturated heterocycles. The van der Waals surface area contributed by atoms with Crippen molar-refractivity contribution in [1.82, 2.24) is 4.90 Å². The number of rotatable bonds is 4. The van der Waals surface area contributed by atoms with E-state index in [0.29, 0.717) is 25.0 Å². The predicted molar refractivity (Wildman–Crippen MR) is 82.7 cm³/mol. The summed E-state index contributed by atoms with van der Waals surface area (Å²) in [6.45, 7) is 4.30. The number of nitrogen functional groups attached to an aromatic ring is 1. The molecule has 21 heavy (non-hydrogen) atoms. The van der Waals surface area contributed by atoms with E-state index in [0.717, 1.165) is 38.1 Å². The minimum atomic E-state index is 0.281. The Morgan fingerprint density at radius 1 is 1.43 bits per heavy atom. The summed E-state index contributed by atoms with van der Waals surface area (Å²) in [6, 6.07) is 6.00. The number of amides is 1. The van der Waals surface area contributed by atoms with Gasteiger partial charge in [-0.2, -0.15) is 0 Å². The fourth-order valence-electron chi connectivity index (χ4n) is 3.44. The minimum Gasteiger partial charge on any atom is -0.398 e. The number of nitrogens with two attached hydrogens (primary N) is 1. The second-order valence-corrected chi connectivity index (χ2v) is 6.17. The van der Waals surface area contributed by atoms with Gasteiger partial charge in [-0.1, -0.05) is 12.1 Å². The molecule has 1 aromatic rings. The fraction of sp³-hybridized carbons (Fsp3) is 0.588. The molecule has 0 atom stereocenters. The van der Waals surface area contributed by atoms with Gasteiger partial charge in [0, 0.05) is 31.8 Å². The molecule has 0 bridgehead atoms. The van der Waals surface area contributed by atoms with Gasteiger partial charge in [0.25, 0.3) is 0 Å². The molecule has 1 aromatic carbocycles. The first-order valence-corrected chi connectivity index (χ1v) is 7.93. The lowest BCUT2D eigenvalue weighted by Gasteiger charge is -2.36. The van der Waals surface area contributed by atoms with Crippen molar-refractivity contribution in [3.05, 3.63) is 29.3 Å². The monoisotopic (exact) mass is 288 g/mol. The Bertz CT molecular complexity index is 524. The topological polar surface area (TPSA) is 55.6 Å². The van der Waals surface area contributed by atoms with Crippen molar-refractivity contribution in [2.45, 2.75) is 45.3 Å². The van der Waals surface area contributed by atoms with Gasteiger partial charge in [-0.05, 0) is 49.3 Å². The Balaban J connectivity index is 1.53. The van der Waals surface area contributed by atoms with Crippen molar-refractivity contribution in [3.63, 3.8) is 0 Å². The smallest absolute Gasteiger partial charge is 0.223 e. The summed E-state index contributed by atoms with van der Waals surface area (Å²) in [4.78, 5) is 14.4. The zero-order chi connectivity index (χ0) is 14.8. The van der Waals surface area contributed by atoms with E-state index in [-0.39, 0.29) is 5.91 Å². The zero-order valence-electron chi connectivity index (χ0n) is 12.7. The van der Waals surface area contributed by atoms with Crippen LogP contribution < -0.4 is 5.73 Å². The number of hydrogen-bond acceptors (Lipinski definition) is 3. The summed E-state index contributed by atoms with van der Waals surface area (Å²) < 4.78 is 5.56. The third kappa shape index (κ3) is 3.05. The normalized spacial score (nSPS) is 24.3. The molecule has 1 heterocycles. The van der Waals surface area contributed by atoms with Gasteiger partial charge in [0.2, 0.25) is 5.91 Å². The number of benzene rings is 1. The number of carbonyl (C=O) groups is 1. The molecule has 114 valence electrons. The van der Waals surface area contributed by atoms with E-state index < -0.39 is 0 Å². The quantitative estimate of drug-likeness (QED) is 0.865. The number of hydrogen-bond donors (Lipinski definition) is 1. The maximum atomic E-state index is 12.4. The molecule has 2 aliphatic rings. The Labute approximate surface area is 126 Å². The number of fused-ring (bicyclic) bond motifs is 1. The number of nitrogens with zero attached hydrogens (tertiary/aromatic N) is 1. The third-order valence-electron chi connectivity index (χ3n) is 4.71. The van der Waals surface area contributed by atoms with Crippen LogP contribution in [0.4, 0.5) is 5.69 Å². The highest BCUT2D eigenvalue weighted by molar-refractivity contribution is 5.77. The molecule has 0 radical (unpaired) electrons. The van der Waals surface area contributed by atoms with Gasteiger partial charge in [-0.15, -0.1) is 0 Å². The third-order valence-corrected chi connectivity index (χ3v) is 4.71. The summed E-state index contributed by atoms with van der Waals surface area (Å²) in [7, 11) is 0. The second-order valence-electron chi connectivity index (χ2n) is 6.17. The van der Waals surface area contributed by atoms with Gasteiger partial charge in [0.1, 0.15) is 0 Å². The van der Waals surface area contributed by atoms with Crippen LogP contribution in [0.5, 0.6) is 0 Å². The molecule has 1 amide bonds. The molecule has 1 fully saturated rings. The number of ether oxygens (including phenoxy) is 1. The summed E-state index contributed by atoms with van der Waals surface area (Å²) in [5.74, 6) is 0.791. The largest absolute Gasteiger partial charge is 0.398 e. The van der Waals surface area contributed by atoms with Crippen LogP contribution in [-0.4, -0.2) is 30.1 Å². The Hall–Kier alpha value is -1.55. The summed E-state index contributed by atoms with van der Waals surface area (Å²) >= 11 is 0. The first-order valence-electron chi connectivity index (χ1n) is 7.93. The van der Waals surface area contributed by atoms with Crippen molar-refractivity contribution in [3.8, 4) is 0 Å². The van der Waals surface area contributed by atoms with E-state index >= 15 is 0 Å². The fourth-order valence-corrected chi connectivity index (χ4v) is 3.44. The van der Waals surface area contributed by atoms with Crippen LogP contribution in [-0.2, 0) is 22.5 Å². The highest BCUT2D eigenvalue weighted by atomic mass is 16.5. The van der Waals surface area contributed by atoms with Gasteiger partial charge in [0.15, 0.2) is 0 Å². The van der Waals surface area contributed by atoms with Gasteiger partial charge in [0.05, 0.1) is 6.10 Å². The highest BCUT2D eigenvalue weighted by Crippen LogP contribution is 2.34. The minimum absolute atomic E-state index is 0.281. The van der Waals surface area contributed by atoms with E-state index in [4.69, 9.17) is 10.5 Å². The van der Waals surface area contributed by atoms with Gasteiger partial charge in [-0.3, -0.25) is 4.79 Å². The maximum absolute atomic E-state index is 12.4. The number of carbonyl (C=O) groups excluding carboxylic acids is 1. The van der Waals surface area contributed by atoms with Gasteiger partial charge < -0.3 is 15.4 Å².